The van der Waals surface area contributed by atoms with Crippen molar-refractivity contribution in [2.24, 2.45) is 0 Å². The summed E-state index contributed by atoms with van der Waals surface area (Å²) in [6, 6.07) is 4.06. The molecule has 2 fully saturated rings. The molecule has 7 heteroatoms. The van der Waals surface area contributed by atoms with Gasteiger partial charge in [0.05, 0.1) is 23.3 Å². The van der Waals surface area contributed by atoms with Crippen molar-refractivity contribution in [3.05, 3.63) is 35.0 Å². The number of nitrogens with zero attached hydrogens (tertiary/aromatic N) is 4. The molecule has 4 rings (SSSR count). The SMILES string of the molecule is CSc1nccc(N2CCNCC2)c1-c1cc(=O)n(C2CCCCC2)cn1. The summed E-state index contributed by atoms with van der Waals surface area (Å²) in [6.45, 7) is 3.83. The van der Waals surface area contributed by atoms with Crippen molar-refractivity contribution in [3.8, 4) is 11.3 Å². The Balaban J connectivity index is 1.74. The van der Waals surface area contributed by atoms with Gasteiger partial charge in [0, 0.05) is 44.5 Å². The van der Waals surface area contributed by atoms with E-state index in [1.807, 2.05) is 17.0 Å². The highest BCUT2D eigenvalue weighted by molar-refractivity contribution is 7.98. The van der Waals surface area contributed by atoms with Gasteiger partial charge in [-0.1, -0.05) is 19.3 Å². The Morgan fingerprint density at radius 3 is 2.63 bits per heavy atom. The molecule has 0 spiro atoms. The number of hydrogen-bond donors (Lipinski definition) is 1. The van der Waals surface area contributed by atoms with Crippen LogP contribution in [-0.4, -0.2) is 47.0 Å². The maximum atomic E-state index is 12.9. The summed E-state index contributed by atoms with van der Waals surface area (Å²) in [5.74, 6) is 0. The third-order valence-corrected chi connectivity index (χ3v) is 6.30. The van der Waals surface area contributed by atoms with E-state index in [1.54, 1.807) is 24.2 Å². The van der Waals surface area contributed by atoms with Crippen LogP contribution >= 0.6 is 11.8 Å². The van der Waals surface area contributed by atoms with Crippen molar-refractivity contribution in [1.29, 1.82) is 0 Å². The molecule has 27 heavy (non-hydrogen) atoms. The molecule has 0 bridgehead atoms. The van der Waals surface area contributed by atoms with E-state index < -0.39 is 0 Å². The molecule has 0 amide bonds. The van der Waals surface area contributed by atoms with E-state index in [2.05, 4.69) is 21.3 Å². The Morgan fingerprint density at radius 1 is 1.15 bits per heavy atom. The highest BCUT2D eigenvalue weighted by Crippen LogP contribution is 2.36. The van der Waals surface area contributed by atoms with Crippen LogP contribution in [-0.2, 0) is 0 Å². The van der Waals surface area contributed by atoms with Crippen LogP contribution in [0.15, 0.2) is 34.5 Å². The predicted molar refractivity (Wildman–Crippen MR) is 111 cm³/mol. The van der Waals surface area contributed by atoms with Crippen molar-refractivity contribution < 1.29 is 0 Å². The van der Waals surface area contributed by atoms with Gasteiger partial charge in [0.1, 0.15) is 5.03 Å². The molecule has 2 aromatic heterocycles. The van der Waals surface area contributed by atoms with Gasteiger partial charge >= 0.3 is 0 Å². The summed E-state index contributed by atoms with van der Waals surface area (Å²) < 4.78 is 1.84. The lowest BCUT2D eigenvalue weighted by atomic mass is 9.95. The van der Waals surface area contributed by atoms with Gasteiger partial charge in [0.25, 0.3) is 5.56 Å². The first-order valence-corrected chi connectivity index (χ1v) is 11.1. The van der Waals surface area contributed by atoms with E-state index in [4.69, 9.17) is 4.98 Å². The Bertz CT molecular complexity index is 841. The Kier molecular flexibility index (Phi) is 5.78. The predicted octanol–water partition coefficient (Wildman–Crippen LogP) is 2.94. The molecule has 3 heterocycles. The first kappa shape index (κ1) is 18.5. The van der Waals surface area contributed by atoms with Crippen LogP contribution < -0.4 is 15.8 Å². The second-order valence-electron chi connectivity index (χ2n) is 7.26. The Hall–Kier alpha value is -1.86. The fourth-order valence-corrected chi connectivity index (χ4v) is 4.76. The summed E-state index contributed by atoms with van der Waals surface area (Å²) in [7, 11) is 0. The van der Waals surface area contributed by atoms with Crippen LogP contribution in [0.25, 0.3) is 11.3 Å². The summed E-state index contributed by atoms with van der Waals surface area (Å²) >= 11 is 1.60. The minimum absolute atomic E-state index is 0.0501. The van der Waals surface area contributed by atoms with Crippen LogP contribution in [0.3, 0.4) is 0 Å². The van der Waals surface area contributed by atoms with E-state index in [0.717, 1.165) is 61.0 Å². The number of rotatable bonds is 4. The molecule has 1 saturated carbocycles. The molecule has 0 unspecified atom stereocenters. The number of hydrogen-bond acceptors (Lipinski definition) is 6. The van der Waals surface area contributed by atoms with E-state index in [9.17, 15) is 4.79 Å². The summed E-state index contributed by atoms with van der Waals surface area (Å²) in [5, 5.41) is 4.32. The van der Waals surface area contributed by atoms with Crippen LogP contribution in [0.5, 0.6) is 0 Å². The van der Waals surface area contributed by atoms with Crippen molar-refractivity contribution in [2.45, 2.75) is 43.2 Å². The summed E-state index contributed by atoms with van der Waals surface area (Å²) in [4.78, 5) is 24.5. The first-order valence-electron chi connectivity index (χ1n) is 9.85. The maximum absolute atomic E-state index is 12.9. The lowest BCUT2D eigenvalue weighted by Crippen LogP contribution is -2.43. The largest absolute Gasteiger partial charge is 0.368 e. The van der Waals surface area contributed by atoms with E-state index in [0.29, 0.717) is 6.04 Å². The zero-order valence-electron chi connectivity index (χ0n) is 15.9. The fourth-order valence-electron chi connectivity index (χ4n) is 4.18. The number of anilines is 1. The number of aromatic nitrogens is 3. The Morgan fingerprint density at radius 2 is 1.93 bits per heavy atom. The van der Waals surface area contributed by atoms with Crippen molar-refractivity contribution in [3.63, 3.8) is 0 Å². The van der Waals surface area contributed by atoms with Gasteiger partial charge in [-0.15, -0.1) is 11.8 Å². The van der Waals surface area contributed by atoms with Crippen LogP contribution in [0.1, 0.15) is 38.1 Å². The lowest BCUT2D eigenvalue weighted by molar-refractivity contribution is 0.343. The molecule has 1 N–H and O–H groups in total. The molecular formula is C20H27N5OS. The monoisotopic (exact) mass is 385 g/mol. The van der Waals surface area contributed by atoms with Gasteiger partial charge in [-0.25, -0.2) is 9.97 Å². The zero-order valence-corrected chi connectivity index (χ0v) is 16.7. The van der Waals surface area contributed by atoms with Gasteiger partial charge in [-0.05, 0) is 25.2 Å². The minimum Gasteiger partial charge on any atom is -0.368 e. The molecule has 1 aliphatic heterocycles. The standard InChI is InChI=1S/C20H27N5OS/c1-27-20-19(17(7-8-22-20)24-11-9-21-10-12-24)16-13-18(26)25(14-23-16)15-5-3-2-4-6-15/h7-8,13-15,21H,2-6,9-12H2,1H3. The van der Waals surface area contributed by atoms with Crippen LogP contribution in [0.4, 0.5) is 5.69 Å². The third kappa shape index (κ3) is 3.89. The van der Waals surface area contributed by atoms with Crippen molar-refractivity contribution >= 4 is 17.4 Å². The number of piperazine rings is 1. The maximum Gasteiger partial charge on any atom is 0.254 e. The molecule has 0 aromatic carbocycles. The fraction of sp³-hybridized carbons (Fsp3) is 0.550. The number of nitrogens with one attached hydrogen (secondary N) is 1. The normalized spacial score (nSPS) is 18.6. The number of thioether (sulfide) groups is 1. The molecule has 0 radical (unpaired) electrons. The summed E-state index contributed by atoms with van der Waals surface area (Å²) in [6.07, 6.45) is 11.5. The van der Waals surface area contributed by atoms with Gasteiger partial charge in [-0.2, -0.15) is 0 Å². The van der Waals surface area contributed by atoms with Crippen molar-refractivity contribution in [1.82, 2.24) is 19.9 Å². The molecule has 1 saturated heterocycles. The minimum atomic E-state index is 0.0501. The molecule has 2 aliphatic rings. The smallest absolute Gasteiger partial charge is 0.254 e. The van der Waals surface area contributed by atoms with Crippen molar-refractivity contribution in [2.75, 3.05) is 37.3 Å². The second-order valence-corrected chi connectivity index (χ2v) is 8.06. The van der Waals surface area contributed by atoms with Gasteiger partial charge < -0.3 is 10.2 Å². The van der Waals surface area contributed by atoms with Gasteiger partial charge in [-0.3, -0.25) is 9.36 Å². The van der Waals surface area contributed by atoms with Gasteiger partial charge in [0.15, 0.2) is 0 Å². The molecule has 0 atom stereocenters. The molecule has 1 aliphatic carbocycles. The lowest BCUT2D eigenvalue weighted by Gasteiger charge is -2.31. The van der Waals surface area contributed by atoms with Crippen LogP contribution in [0, 0.1) is 0 Å². The van der Waals surface area contributed by atoms with Gasteiger partial charge in [0.2, 0.25) is 0 Å². The quantitative estimate of drug-likeness (QED) is 0.817. The average Bonchev–Trinajstić information content (AvgIpc) is 2.74. The molecular weight excluding hydrogens is 358 g/mol. The highest BCUT2D eigenvalue weighted by Gasteiger charge is 2.21. The van der Waals surface area contributed by atoms with Crippen LogP contribution in [0.2, 0.25) is 0 Å². The van der Waals surface area contributed by atoms with E-state index in [1.165, 1.54) is 19.3 Å². The van der Waals surface area contributed by atoms with E-state index >= 15 is 0 Å². The first-order chi connectivity index (χ1) is 13.3. The number of pyridine rings is 1. The topological polar surface area (TPSA) is 63.1 Å². The third-order valence-electron chi connectivity index (χ3n) is 5.61. The second kappa shape index (κ2) is 8.44. The highest BCUT2D eigenvalue weighted by atomic mass is 32.2. The van der Waals surface area contributed by atoms with E-state index in [-0.39, 0.29) is 5.56 Å². The average molecular weight is 386 g/mol. The molecule has 6 nitrogen and oxygen atoms in total. The Labute approximate surface area is 164 Å². The molecule has 2 aromatic rings. The zero-order chi connectivity index (χ0) is 18.6. The summed E-state index contributed by atoms with van der Waals surface area (Å²) in [5.41, 5.74) is 2.89. The molecule has 144 valence electrons.